The molecule has 4 atom stereocenters. The van der Waals surface area contributed by atoms with E-state index >= 15 is 0 Å². The van der Waals surface area contributed by atoms with E-state index in [1.807, 2.05) is 32.1 Å². The zero-order chi connectivity index (χ0) is 31.4. The Labute approximate surface area is 251 Å². The number of methoxy groups -OCH3 is 2. The van der Waals surface area contributed by atoms with Crippen LogP contribution < -0.4 is 9.47 Å². The van der Waals surface area contributed by atoms with E-state index in [4.69, 9.17) is 29.2 Å². The van der Waals surface area contributed by atoms with Crippen LogP contribution in [0.5, 0.6) is 11.5 Å². The third-order valence-corrected chi connectivity index (χ3v) is 6.93. The van der Waals surface area contributed by atoms with Gasteiger partial charge in [0.2, 0.25) is 0 Å². The number of allylic oxidation sites excluding steroid dienone is 1. The van der Waals surface area contributed by atoms with Gasteiger partial charge in [0.1, 0.15) is 29.3 Å². The average Bonchev–Trinajstić information content (AvgIpc) is 3.29. The monoisotopic (exact) mass is 593 g/mol. The van der Waals surface area contributed by atoms with E-state index in [0.29, 0.717) is 36.1 Å². The molecule has 0 bridgehead atoms. The van der Waals surface area contributed by atoms with Gasteiger partial charge in [-0.15, -0.1) is 0 Å². The van der Waals surface area contributed by atoms with Crippen molar-refractivity contribution >= 4 is 18.0 Å². The van der Waals surface area contributed by atoms with Crippen LogP contribution in [0, 0.1) is 5.92 Å². The number of ether oxygens (including phenoxy) is 5. The highest BCUT2D eigenvalue weighted by atomic mass is 16.7. The van der Waals surface area contributed by atoms with Gasteiger partial charge in [-0.1, -0.05) is 48.5 Å². The molecule has 1 aliphatic rings. The second-order valence-corrected chi connectivity index (χ2v) is 10.8. The van der Waals surface area contributed by atoms with Crippen molar-refractivity contribution in [2.45, 2.75) is 63.9 Å². The molecule has 1 heterocycles. The van der Waals surface area contributed by atoms with E-state index in [1.165, 1.54) is 20.3 Å². The minimum Gasteiger partial charge on any atom is -0.497 e. The van der Waals surface area contributed by atoms with Gasteiger partial charge in [0.25, 0.3) is 0 Å². The first-order valence-electron chi connectivity index (χ1n) is 14.0. The zero-order valence-electron chi connectivity index (χ0n) is 25.1. The number of aromatic carboxylic acids is 1. The summed E-state index contributed by atoms with van der Waals surface area (Å²) >= 11 is 0. The quantitative estimate of drug-likeness (QED) is 0.0589. The molecule has 0 aromatic heterocycles. The molecule has 43 heavy (non-hydrogen) atoms. The predicted octanol–water partition coefficient (Wildman–Crippen LogP) is 6.83. The summed E-state index contributed by atoms with van der Waals surface area (Å²) in [6.07, 6.45) is 7.68. The third-order valence-electron chi connectivity index (χ3n) is 6.93. The molecule has 1 N–H and O–H groups in total. The fraction of sp³-hybridized carbons (Fsp3) is 0.438. The van der Waals surface area contributed by atoms with E-state index in [9.17, 15) is 14.7 Å². The predicted molar refractivity (Wildman–Crippen MR) is 161 cm³/mol. The minimum atomic E-state index is -1.15. The molecule has 0 saturated carbocycles. The zero-order valence-corrected chi connectivity index (χ0v) is 25.1. The maximum Gasteiger partial charge on any atom is 0.340 e. The average molecular weight is 594 g/mol. The van der Waals surface area contributed by atoms with E-state index in [0.717, 1.165) is 0 Å². The molecule has 1 fully saturated rings. The largest absolute Gasteiger partial charge is 0.497 e. The lowest BCUT2D eigenvalue weighted by molar-refractivity contribution is -0.0723. The molecular weight excluding hydrogens is 554 g/mol. The number of rotatable bonds is 15. The smallest absolute Gasteiger partial charge is 0.340 e. The van der Waals surface area contributed by atoms with Crippen LogP contribution in [0.4, 0.5) is 0 Å². The lowest BCUT2D eigenvalue weighted by Gasteiger charge is -2.26. The standard InChI is InChI=1S/C32H39N3O8/c1-21(34-35-33)11-9-16-26(42-31(38)22-12-7-6-8-13-22)29-24(19-32(2,3)43-29)15-10-14-23-17-25(40-5)18-27(41-20-39-4)28(23)30(36)37/h6-10,12-14,16-18,21,24,26,29H,11,15,19-20H2,1-5H3,(H,36,37)/b14-10+,16-9-/t21-,24+,26?,29?/m0/s1. The molecule has 2 unspecified atom stereocenters. The number of carboxylic acids is 1. The van der Waals surface area contributed by atoms with Gasteiger partial charge < -0.3 is 28.8 Å². The summed E-state index contributed by atoms with van der Waals surface area (Å²) in [5.41, 5.74) is 9.06. The van der Waals surface area contributed by atoms with Gasteiger partial charge in [-0.2, -0.15) is 0 Å². The van der Waals surface area contributed by atoms with Crippen LogP contribution in [-0.4, -0.2) is 61.9 Å². The fourth-order valence-electron chi connectivity index (χ4n) is 5.03. The molecule has 0 radical (unpaired) electrons. The van der Waals surface area contributed by atoms with Gasteiger partial charge in [0, 0.05) is 24.1 Å². The van der Waals surface area contributed by atoms with Crippen LogP contribution >= 0.6 is 0 Å². The second-order valence-electron chi connectivity index (χ2n) is 10.8. The van der Waals surface area contributed by atoms with E-state index in [2.05, 4.69) is 10.0 Å². The van der Waals surface area contributed by atoms with E-state index in [-0.39, 0.29) is 30.1 Å². The van der Waals surface area contributed by atoms with Crippen LogP contribution in [0.25, 0.3) is 16.5 Å². The molecular formula is C32H39N3O8. The van der Waals surface area contributed by atoms with Crippen molar-refractivity contribution in [3.8, 4) is 11.5 Å². The van der Waals surface area contributed by atoms with Gasteiger partial charge in [0.15, 0.2) is 6.79 Å². The number of hydrogen-bond donors (Lipinski definition) is 1. The number of hydrogen-bond acceptors (Lipinski definition) is 8. The normalized spacial score (nSPS) is 19.1. The van der Waals surface area contributed by atoms with Crippen molar-refractivity contribution in [2.75, 3.05) is 21.0 Å². The number of carboxylic acid groups (broad SMARTS) is 1. The van der Waals surface area contributed by atoms with Crippen molar-refractivity contribution in [2.24, 2.45) is 11.0 Å². The van der Waals surface area contributed by atoms with Crippen molar-refractivity contribution in [1.29, 1.82) is 0 Å². The first-order valence-corrected chi connectivity index (χ1v) is 14.0. The van der Waals surface area contributed by atoms with Crippen LogP contribution in [0.3, 0.4) is 0 Å². The first kappa shape index (κ1) is 33.2. The Kier molecular flexibility index (Phi) is 12.2. The van der Waals surface area contributed by atoms with Crippen LogP contribution in [-0.2, 0) is 14.2 Å². The summed E-state index contributed by atoms with van der Waals surface area (Å²) < 4.78 is 28.2. The number of benzene rings is 2. The van der Waals surface area contributed by atoms with Crippen molar-refractivity contribution in [3.63, 3.8) is 0 Å². The van der Waals surface area contributed by atoms with Crippen molar-refractivity contribution in [1.82, 2.24) is 0 Å². The summed E-state index contributed by atoms with van der Waals surface area (Å²) in [5, 5.41) is 13.6. The van der Waals surface area contributed by atoms with Crippen LogP contribution in [0.2, 0.25) is 0 Å². The SMILES string of the molecule is COCOc1cc(OC)cc(/C=C/C[C@@H]2CC(C)(C)OC2C(/C=C\C[C@H](C)N=[N+]=[N-])OC(=O)c2ccccc2)c1C(=O)O. The molecule has 1 saturated heterocycles. The second kappa shape index (κ2) is 15.8. The Morgan fingerprint density at radius 3 is 2.60 bits per heavy atom. The minimum absolute atomic E-state index is 0.0135. The Bertz CT molecular complexity index is 1350. The summed E-state index contributed by atoms with van der Waals surface area (Å²) in [5.74, 6) is -1.13. The number of carbonyl (C=O) groups is 2. The molecule has 0 amide bonds. The Morgan fingerprint density at radius 1 is 1.21 bits per heavy atom. The van der Waals surface area contributed by atoms with Crippen LogP contribution in [0.1, 0.15) is 66.3 Å². The lowest BCUT2D eigenvalue weighted by atomic mass is 9.88. The summed E-state index contributed by atoms with van der Waals surface area (Å²) in [6.45, 7) is 5.65. The highest BCUT2D eigenvalue weighted by molar-refractivity contribution is 5.95. The highest BCUT2D eigenvalue weighted by Crippen LogP contribution is 2.40. The molecule has 2 aromatic carbocycles. The summed E-state index contributed by atoms with van der Waals surface area (Å²) in [4.78, 5) is 28.1. The Hall–Kier alpha value is -4.31. The Balaban J connectivity index is 1.90. The highest BCUT2D eigenvalue weighted by Gasteiger charge is 2.44. The van der Waals surface area contributed by atoms with Crippen molar-refractivity contribution < 1.29 is 38.4 Å². The van der Waals surface area contributed by atoms with E-state index < -0.39 is 29.7 Å². The third kappa shape index (κ3) is 9.61. The first-order chi connectivity index (χ1) is 20.6. The van der Waals surface area contributed by atoms with Gasteiger partial charge in [0.05, 0.1) is 18.3 Å². The fourth-order valence-corrected chi connectivity index (χ4v) is 5.03. The molecule has 3 rings (SSSR count). The number of azide groups is 1. The molecule has 230 valence electrons. The topological polar surface area (TPSA) is 149 Å². The molecule has 11 heteroatoms. The van der Waals surface area contributed by atoms with Crippen molar-refractivity contribution in [3.05, 3.63) is 87.8 Å². The molecule has 0 aliphatic carbocycles. The molecule has 1 aliphatic heterocycles. The molecule has 11 nitrogen and oxygen atoms in total. The Morgan fingerprint density at radius 2 is 1.95 bits per heavy atom. The molecule has 2 aromatic rings. The van der Waals surface area contributed by atoms with Gasteiger partial charge in [-0.25, -0.2) is 9.59 Å². The van der Waals surface area contributed by atoms with Gasteiger partial charge >= 0.3 is 11.9 Å². The maximum absolute atomic E-state index is 13.1. The lowest BCUT2D eigenvalue weighted by Crippen LogP contribution is -2.35. The maximum atomic E-state index is 13.1. The number of esters is 1. The van der Waals surface area contributed by atoms with Crippen LogP contribution in [0.15, 0.2) is 65.8 Å². The van der Waals surface area contributed by atoms with E-state index in [1.54, 1.807) is 49.4 Å². The molecule has 0 spiro atoms. The summed E-state index contributed by atoms with van der Waals surface area (Å²) in [7, 11) is 2.94. The van der Waals surface area contributed by atoms with Gasteiger partial charge in [-0.05, 0) is 74.4 Å². The summed E-state index contributed by atoms with van der Waals surface area (Å²) in [6, 6.07) is 11.6. The number of carbonyl (C=O) groups excluding carboxylic acids is 1. The van der Waals surface area contributed by atoms with Gasteiger partial charge in [-0.3, -0.25) is 0 Å². The number of nitrogens with zero attached hydrogens (tertiary/aromatic N) is 3.